The molecule has 0 aliphatic carbocycles. The highest BCUT2D eigenvalue weighted by molar-refractivity contribution is 5.45. The third kappa shape index (κ3) is 3.30. The molecule has 25 heavy (non-hydrogen) atoms. The highest BCUT2D eigenvalue weighted by Crippen LogP contribution is 2.27. The molecule has 1 fully saturated rings. The molecule has 0 atom stereocenters. The minimum absolute atomic E-state index is 0.390. The van der Waals surface area contributed by atoms with Crippen LogP contribution in [0, 0.1) is 0 Å². The fraction of sp³-hybridized carbons (Fsp3) is 0.471. The van der Waals surface area contributed by atoms with Gasteiger partial charge in [-0.2, -0.15) is 4.52 Å². The average molecular weight is 338 g/mol. The summed E-state index contributed by atoms with van der Waals surface area (Å²) in [5, 5.41) is 13.4. The number of rotatable bonds is 4. The zero-order chi connectivity index (χ0) is 17.2. The van der Waals surface area contributed by atoms with E-state index in [1.807, 2.05) is 41.7 Å². The maximum Gasteiger partial charge on any atom is 0.178 e. The summed E-state index contributed by atoms with van der Waals surface area (Å²) in [6, 6.07) is 5.92. The Hall–Kier alpha value is -2.61. The molecule has 4 rings (SSSR count). The van der Waals surface area contributed by atoms with Crippen molar-refractivity contribution in [3.05, 3.63) is 42.2 Å². The highest BCUT2D eigenvalue weighted by Gasteiger charge is 2.25. The van der Waals surface area contributed by atoms with E-state index >= 15 is 0 Å². The molecule has 8 nitrogen and oxygen atoms in total. The molecule has 0 saturated carbocycles. The van der Waals surface area contributed by atoms with Crippen LogP contribution in [0.2, 0.25) is 0 Å². The molecule has 0 radical (unpaired) electrons. The van der Waals surface area contributed by atoms with Gasteiger partial charge in [0.05, 0.1) is 5.69 Å². The Morgan fingerprint density at radius 3 is 2.68 bits per heavy atom. The van der Waals surface area contributed by atoms with Crippen LogP contribution in [0.15, 0.2) is 30.7 Å². The maximum absolute atomic E-state index is 4.68. The summed E-state index contributed by atoms with van der Waals surface area (Å²) >= 11 is 0. The van der Waals surface area contributed by atoms with Gasteiger partial charge in [0.1, 0.15) is 12.1 Å². The van der Waals surface area contributed by atoms with E-state index in [0.29, 0.717) is 5.92 Å². The van der Waals surface area contributed by atoms with E-state index in [9.17, 15) is 0 Å². The number of nitrogens with zero attached hydrogens (tertiary/aromatic N) is 8. The van der Waals surface area contributed by atoms with Crippen LogP contribution in [0.25, 0.3) is 5.65 Å². The normalized spacial score (nSPS) is 16.4. The Labute approximate surface area is 146 Å². The van der Waals surface area contributed by atoms with Gasteiger partial charge in [0.2, 0.25) is 0 Å². The van der Waals surface area contributed by atoms with E-state index in [1.54, 1.807) is 12.5 Å². The van der Waals surface area contributed by atoms with Crippen molar-refractivity contribution < 1.29 is 0 Å². The number of hydrogen-bond acceptors (Lipinski definition) is 7. The first-order valence-electron chi connectivity index (χ1n) is 8.57. The van der Waals surface area contributed by atoms with Crippen molar-refractivity contribution in [2.45, 2.75) is 25.3 Å². The van der Waals surface area contributed by atoms with Gasteiger partial charge >= 0.3 is 0 Å². The predicted molar refractivity (Wildman–Crippen MR) is 94.4 cm³/mol. The van der Waals surface area contributed by atoms with Crippen LogP contribution in [0.3, 0.4) is 0 Å². The minimum Gasteiger partial charge on any atom is -0.361 e. The topological polar surface area (TPSA) is 75.3 Å². The second kappa shape index (κ2) is 6.72. The van der Waals surface area contributed by atoms with Crippen LogP contribution < -0.4 is 4.90 Å². The summed E-state index contributed by atoms with van der Waals surface area (Å²) in [7, 11) is 3.98. The lowest BCUT2D eigenvalue weighted by atomic mass is 9.96. The smallest absolute Gasteiger partial charge is 0.178 e. The lowest BCUT2D eigenvalue weighted by Crippen LogP contribution is -2.33. The van der Waals surface area contributed by atoms with Gasteiger partial charge in [0.15, 0.2) is 11.5 Å². The van der Waals surface area contributed by atoms with Gasteiger partial charge in [0.25, 0.3) is 0 Å². The number of aromatic nitrogens is 6. The first kappa shape index (κ1) is 15.9. The standard InChI is InChI=1S/C17H22N8/c1-23(2)16-4-3-15-20-21-17(25(15)22-16)13-6-9-24(10-7-13)11-14-5-8-18-12-19-14/h3-5,8,12-13H,6-7,9-11H2,1-2H3. The molecule has 0 bridgehead atoms. The van der Waals surface area contributed by atoms with Crippen LogP contribution in [0.5, 0.6) is 0 Å². The summed E-state index contributed by atoms with van der Waals surface area (Å²) in [6.07, 6.45) is 5.52. The van der Waals surface area contributed by atoms with E-state index in [2.05, 4.69) is 30.2 Å². The first-order valence-corrected chi connectivity index (χ1v) is 8.57. The minimum atomic E-state index is 0.390. The van der Waals surface area contributed by atoms with Gasteiger partial charge in [-0.05, 0) is 44.1 Å². The number of fused-ring (bicyclic) bond motifs is 1. The molecule has 1 aliphatic rings. The second-order valence-electron chi connectivity index (χ2n) is 6.67. The van der Waals surface area contributed by atoms with E-state index in [4.69, 9.17) is 0 Å². The SMILES string of the molecule is CN(C)c1ccc2nnc(C3CCN(Cc4ccncn4)CC3)n2n1. The number of anilines is 1. The van der Waals surface area contributed by atoms with Gasteiger partial charge in [-0.25, -0.2) is 9.97 Å². The van der Waals surface area contributed by atoms with Crippen molar-refractivity contribution >= 4 is 11.5 Å². The molecular weight excluding hydrogens is 316 g/mol. The van der Waals surface area contributed by atoms with E-state index in [-0.39, 0.29) is 0 Å². The Kier molecular flexibility index (Phi) is 4.27. The predicted octanol–water partition coefficient (Wildman–Crippen LogP) is 1.36. The number of likely N-dealkylation sites (tertiary alicyclic amines) is 1. The van der Waals surface area contributed by atoms with Crippen molar-refractivity contribution in [1.82, 2.24) is 34.7 Å². The molecule has 130 valence electrons. The van der Waals surface area contributed by atoms with Gasteiger partial charge < -0.3 is 4.90 Å². The van der Waals surface area contributed by atoms with E-state index in [0.717, 1.165) is 55.5 Å². The summed E-state index contributed by atoms with van der Waals surface area (Å²) in [5.74, 6) is 2.27. The van der Waals surface area contributed by atoms with Gasteiger partial charge in [0, 0.05) is 32.8 Å². The quantitative estimate of drug-likeness (QED) is 0.711. The summed E-state index contributed by atoms with van der Waals surface area (Å²) in [5.41, 5.74) is 1.88. The largest absolute Gasteiger partial charge is 0.361 e. The molecule has 0 unspecified atom stereocenters. The third-order valence-electron chi connectivity index (χ3n) is 4.71. The molecule has 4 heterocycles. The lowest BCUT2D eigenvalue weighted by molar-refractivity contribution is 0.198. The first-order chi connectivity index (χ1) is 12.2. The molecule has 0 spiro atoms. The van der Waals surface area contributed by atoms with Gasteiger partial charge in [-0.1, -0.05) is 0 Å². The fourth-order valence-electron chi connectivity index (χ4n) is 3.28. The molecule has 0 aromatic carbocycles. The van der Waals surface area contributed by atoms with Crippen molar-refractivity contribution in [2.24, 2.45) is 0 Å². The van der Waals surface area contributed by atoms with Crippen molar-refractivity contribution in [3.8, 4) is 0 Å². The Morgan fingerprint density at radius 2 is 1.96 bits per heavy atom. The van der Waals surface area contributed by atoms with E-state index in [1.165, 1.54) is 0 Å². The van der Waals surface area contributed by atoms with Gasteiger partial charge in [-0.3, -0.25) is 4.90 Å². The Bertz CT molecular complexity index is 836. The number of hydrogen-bond donors (Lipinski definition) is 0. The molecule has 1 saturated heterocycles. The highest BCUT2D eigenvalue weighted by atomic mass is 15.4. The molecule has 1 aliphatic heterocycles. The van der Waals surface area contributed by atoms with E-state index < -0.39 is 0 Å². The maximum atomic E-state index is 4.68. The zero-order valence-electron chi connectivity index (χ0n) is 14.6. The third-order valence-corrected chi connectivity index (χ3v) is 4.71. The zero-order valence-corrected chi connectivity index (χ0v) is 14.6. The lowest BCUT2D eigenvalue weighted by Gasteiger charge is -2.30. The molecule has 3 aromatic heterocycles. The second-order valence-corrected chi connectivity index (χ2v) is 6.67. The summed E-state index contributed by atoms with van der Waals surface area (Å²) in [4.78, 5) is 12.7. The van der Waals surface area contributed by atoms with Crippen molar-refractivity contribution in [3.63, 3.8) is 0 Å². The Morgan fingerprint density at radius 1 is 1.12 bits per heavy atom. The van der Waals surface area contributed by atoms with Crippen molar-refractivity contribution in [2.75, 3.05) is 32.1 Å². The van der Waals surface area contributed by atoms with Crippen LogP contribution in [-0.4, -0.2) is 61.9 Å². The van der Waals surface area contributed by atoms with Crippen LogP contribution in [0.1, 0.15) is 30.3 Å². The van der Waals surface area contributed by atoms with Crippen LogP contribution in [0.4, 0.5) is 5.82 Å². The van der Waals surface area contributed by atoms with Crippen molar-refractivity contribution in [1.29, 1.82) is 0 Å². The molecular formula is C17H22N8. The molecule has 3 aromatic rings. The van der Waals surface area contributed by atoms with Crippen LogP contribution >= 0.6 is 0 Å². The number of piperidine rings is 1. The average Bonchev–Trinajstić information content (AvgIpc) is 3.06. The monoisotopic (exact) mass is 338 g/mol. The fourth-order valence-corrected chi connectivity index (χ4v) is 3.28. The summed E-state index contributed by atoms with van der Waals surface area (Å²) < 4.78 is 1.90. The van der Waals surface area contributed by atoms with Crippen LogP contribution in [-0.2, 0) is 6.54 Å². The van der Waals surface area contributed by atoms with Gasteiger partial charge in [-0.15, -0.1) is 15.3 Å². The summed E-state index contributed by atoms with van der Waals surface area (Å²) in [6.45, 7) is 2.92. The Balaban J connectivity index is 1.47. The molecule has 8 heteroatoms. The molecule has 0 N–H and O–H groups in total. The molecule has 0 amide bonds.